The minimum Gasteiger partial charge on any atom is -0.399 e. The van der Waals surface area contributed by atoms with Crippen molar-refractivity contribution in [1.82, 2.24) is 0 Å². The number of carbonyl (C=O) groups is 1. The van der Waals surface area contributed by atoms with Gasteiger partial charge in [-0.05, 0) is 18.2 Å². The maximum atomic E-state index is 12.1. The number of nitrogens with two attached hydrogens (primary N) is 1. The zero-order valence-electron chi connectivity index (χ0n) is 8.48. The molecule has 0 atom stereocenters. The highest BCUT2D eigenvalue weighted by molar-refractivity contribution is 9.10. The number of hydrogen-bond acceptors (Lipinski definition) is 2. The average Bonchev–Trinajstić information content (AvgIpc) is 2.28. The number of anilines is 1. The Bertz CT molecular complexity index is 502. The Labute approximate surface area is 102 Å². The summed E-state index contributed by atoms with van der Waals surface area (Å²) in [5.74, 6) is -0.0198. The van der Waals surface area contributed by atoms with Gasteiger partial charge in [0.05, 0.1) is 0 Å². The molecule has 0 aliphatic heterocycles. The molecule has 0 saturated carbocycles. The number of nitrogen functional groups attached to an aromatic ring is 1. The van der Waals surface area contributed by atoms with Crippen molar-refractivity contribution >= 4 is 27.4 Å². The van der Waals surface area contributed by atoms with Gasteiger partial charge in [-0.1, -0.05) is 46.3 Å². The summed E-state index contributed by atoms with van der Waals surface area (Å²) in [6.45, 7) is 0. The normalized spacial score (nSPS) is 10.1. The van der Waals surface area contributed by atoms with Crippen molar-refractivity contribution in [2.75, 3.05) is 5.73 Å². The molecule has 0 bridgehead atoms. The summed E-state index contributed by atoms with van der Waals surface area (Å²) < 4.78 is 0.812. The largest absolute Gasteiger partial charge is 0.399 e. The number of benzene rings is 2. The van der Waals surface area contributed by atoms with Crippen LogP contribution < -0.4 is 5.73 Å². The van der Waals surface area contributed by atoms with Crippen molar-refractivity contribution in [3.63, 3.8) is 0 Å². The molecule has 0 heterocycles. The predicted octanol–water partition coefficient (Wildman–Crippen LogP) is 3.26. The van der Waals surface area contributed by atoms with Gasteiger partial charge >= 0.3 is 0 Å². The molecule has 2 nitrogen and oxygen atoms in total. The van der Waals surface area contributed by atoms with E-state index in [9.17, 15) is 4.79 Å². The van der Waals surface area contributed by atoms with Crippen LogP contribution in [-0.4, -0.2) is 5.78 Å². The highest BCUT2D eigenvalue weighted by Crippen LogP contribution is 2.19. The Hall–Kier alpha value is -1.61. The van der Waals surface area contributed by atoms with Crippen molar-refractivity contribution in [3.05, 3.63) is 64.1 Å². The van der Waals surface area contributed by atoms with Crippen molar-refractivity contribution in [1.29, 1.82) is 0 Å². The summed E-state index contributed by atoms with van der Waals surface area (Å²) in [5.41, 5.74) is 7.53. The topological polar surface area (TPSA) is 43.1 Å². The molecule has 0 aliphatic rings. The van der Waals surface area contributed by atoms with Crippen LogP contribution in [0.1, 0.15) is 15.9 Å². The quantitative estimate of drug-likeness (QED) is 0.675. The Morgan fingerprint density at radius 2 is 1.69 bits per heavy atom. The molecule has 2 N–H and O–H groups in total. The van der Waals surface area contributed by atoms with Gasteiger partial charge in [0.15, 0.2) is 5.78 Å². The van der Waals surface area contributed by atoms with Crippen LogP contribution in [0.5, 0.6) is 0 Å². The van der Waals surface area contributed by atoms with Gasteiger partial charge in [0.1, 0.15) is 0 Å². The molecule has 0 aliphatic carbocycles. The Morgan fingerprint density at radius 3 is 2.31 bits per heavy atom. The van der Waals surface area contributed by atoms with Crippen LogP contribution in [0, 0.1) is 0 Å². The maximum absolute atomic E-state index is 12.1. The first-order valence-corrected chi connectivity index (χ1v) is 5.62. The van der Waals surface area contributed by atoms with Crippen LogP contribution in [0.3, 0.4) is 0 Å². The minimum absolute atomic E-state index is 0.0198. The summed E-state index contributed by atoms with van der Waals surface area (Å²) in [4.78, 5) is 12.1. The number of rotatable bonds is 2. The second kappa shape index (κ2) is 4.49. The van der Waals surface area contributed by atoms with E-state index in [2.05, 4.69) is 15.9 Å². The molecule has 0 aromatic heterocycles. The predicted molar refractivity (Wildman–Crippen MR) is 68.4 cm³/mol. The van der Waals surface area contributed by atoms with E-state index < -0.39 is 0 Å². The van der Waals surface area contributed by atoms with Crippen LogP contribution in [0.2, 0.25) is 0 Å². The van der Waals surface area contributed by atoms with E-state index in [0.29, 0.717) is 16.8 Å². The van der Waals surface area contributed by atoms with Gasteiger partial charge in [0, 0.05) is 21.3 Å². The molecule has 0 radical (unpaired) electrons. The van der Waals surface area contributed by atoms with Crippen LogP contribution in [0.4, 0.5) is 5.69 Å². The van der Waals surface area contributed by atoms with E-state index in [1.165, 1.54) is 0 Å². The van der Waals surface area contributed by atoms with Crippen molar-refractivity contribution in [2.24, 2.45) is 0 Å². The van der Waals surface area contributed by atoms with E-state index in [-0.39, 0.29) is 5.78 Å². The molecule has 0 spiro atoms. The Balaban J connectivity index is 2.42. The Morgan fingerprint density at radius 1 is 1.00 bits per heavy atom. The van der Waals surface area contributed by atoms with Crippen molar-refractivity contribution < 1.29 is 4.79 Å². The molecule has 3 heteroatoms. The Kier molecular flexibility index (Phi) is 3.06. The molecule has 16 heavy (non-hydrogen) atoms. The fourth-order valence-electron chi connectivity index (χ4n) is 1.50. The van der Waals surface area contributed by atoms with Gasteiger partial charge in [-0.2, -0.15) is 0 Å². The highest BCUT2D eigenvalue weighted by Gasteiger charge is 2.09. The van der Waals surface area contributed by atoms with E-state index in [4.69, 9.17) is 5.73 Å². The van der Waals surface area contributed by atoms with E-state index in [1.807, 2.05) is 18.2 Å². The van der Waals surface area contributed by atoms with E-state index >= 15 is 0 Å². The minimum atomic E-state index is -0.0198. The van der Waals surface area contributed by atoms with Crippen molar-refractivity contribution in [3.8, 4) is 0 Å². The molecule has 0 fully saturated rings. The second-order valence-corrected chi connectivity index (χ2v) is 4.38. The molecule has 0 unspecified atom stereocenters. The molecule has 2 aromatic rings. The van der Waals surface area contributed by atoms with Gasteiger partial charge in [-0.15, -0.1) is 0 Å². The fraction of sp³-hybridized carbons (Fsp3) is 0. The van der Waals surface area contributed by atoms with Gasteiger partial charge in [-0.3, -0.25) is 4.79 Å². The highest BCUT2D eigenvalue weighted by atomic mass is 79.9. The summed E-state index contributed by atoms with van der Waals surface area (Å²) in [6.07, 6.45) is 0. The van der Waals surface area contributed by atoms with E-state index in [0.717, 1.165) is 4.47 Å². The summed E-state index contributed by atoms with van der Waals surface area (Å²) >= 11 is 3.32. The number of ketones is 1. The van der Waals surface area contributed by atoms with Gasteiger partial charge in [0.25, 0.3) is 0 Å². The third kappa shape index (κ3) is 2.31. The van der Waals surface area contributed by atoms with Gasteiger partial charge in [-0.25, -0.2) is 0 Å². The fourth-order valence-corrected chi connectivity index (χ4v) is 2.01. The lowest BCUT2D eigenvalue weighted by atomic mass is 10.0. The monoisotopic (exact) mass is 275 g/mol. The van der Waals surface area contributed by atoms with Crippen LogP contribution >= 0.6 is 15.9 Å². The lowest BCUT2D eigenvalue weighted by molar-refractivity contribution is 0.103. The summed E-state index contributed by atoms with van der Waals surface area (Å²) in [6, 6.07) is 14.4. The maximum Gasteiger partial charge on any atom is 0.193 e. The standard InChI is InChI=1S/C13H10BrNO/c14-11-6-10(7-12(15)8-11)13(16)9-4-2-1-3-5-9/h1-8H,15H2. The van der Waals surface area contributed by atoms with E-state index in [1.54, 1.807) is 30.3 Å². The smallest absolute Gasteiger partial charge is 0.193 e. The zero-order chi connectivity index (χ0) is 11.5. The first-order valence-electron chi connectivity index (χ1n) is 4.82. The number of hydrogen-bond donors (Lipinski definition) is 1. The summed E-state index contributed by atoms with van der Waals surface area (Å²) in [7, 11) is 0. The first kappa shape index (κ1) is 10.9. The molecule has 2 rings (SSSR count). The lowest BCUT2D eigenvalue weighted by Gasteiger charge is -2.03. The zero-order valence-corrected chi connectivity index (χ0v) is 10.1. The van der Waals surface area contributed by atoms with Crippen LogP contribution in [0.25, 0.3) is 0 Å². The molecule has 0 saturated heterocycles. The molecule has 0 amide bonds. The number of halogens is 1. The second-order valence-electron chi connectivity index (χ2n) is 3.47. The third-order valence-corrected chi connectivity index (χ3v) is 2.68. The SMILES string of the molecule is Nc1cc(Br)cc(C(=O)c2ccccc2)c1. The molecule has 80 valence electrons. The van der Waals surface area contributed by atoms with Gasteiger partial charge < -0.3 is 5.73 Å². The average molecular weight is 276 g/mol. The first-order chi connectivity index (χ1) is 7.66. The molecular formula is C13H10BrNO. The number of carbonyl (C=O) groups excluding carboxylic acids is 1. The molecular weight excluding hydrogens is 266 g/mol. The molecule has 2 aromatic carbocycles. The van der Waals surface area contributed by atoms with Crippen molar-refractivity contribution in [2.45, 2.75) is 0 Å². The third-order valence-electron chi connectivity index (χ3n) is 2.22. The van der Waals surface area contributed by atoms with Gasteiger partial charge in [0.2, 0.25) is 0 Å². The van der Waals surface area contributed by atoms with Crippen LogP contribution in [-0.2, 0) is 0 Å². The summed E-state index contributed by atoms with van der Waals surface area (Å²) in [5, 5.41) is 0. The lowest BCUT2D eigenvalue weighted by Crippen LogP contribution is -2.01. The van der Waals surface area contributed by atoms with Crippen LogP contribution in [0.15, 0.2) is 53.0 Å².